The maximum Gasteiger partial charge on any atom is 0.162 e. The van der Waals surface area contributed by atoms with Crippen molar-refractivity contribution in [2.75, 3.05) is 34.3 Å². The standard InChI is InChI=1S/C14H24N6O/c1-5-15-12(14-16-6-7-17-14)13-11(21-4)10-18-20(13)9-8-19(2)3/h6-7,10,12,15H,5,8-9H2,1-4H3,(H,16,17). The van der Waals surface area contributed by atoms with Gasteiger partial charge in [0, 0.05) is 18.9 Å². The van der Waals surface area contributed by atoms with E-state index in [0.717, 1.165) is 36.9 Å². The molecule has 0 aliphatic heterocycles. The summed E-state index contributed by atoms with van der Waals surface area (Å²) >= 11 is 0. The number of likely N-dealkylation sites (N-methyl/N-ethyl adjacent to an activating group) is 1. The van der Waals surface area contributed by atoms with Gasteiger partial charge in [0.05, 0.1) is 19.9 Å². The van der Waals surface area contributed by atoms with Crippen molar-refractivity contribution in [1.82, 2.24) is 30.0 Å². The Morgan fingerprint density at radius 3 is 2.86 bits per heavy atom. The quantitative estimate of drug-likeness (QED) is 0.755. The maximum absolute atomic E-state index is 5.48. The lowest BCUT2D eigenvalue weighted by Gasteiger charge is -2.20. The summed E-state index contributed by atoms with van der Waals surface area (Å²) in [5.74, 6) is 1.64. The topological polar surface area (TPSA) is 71.0 Å². The minimum Gasteiger partial charge on any atom is -0.493 e. The largest absolute Gasteiger partial charge is 0.493 e. The minimum atomic E-state index is -0.0652. The van der Waals surface area contributed by atoms with Crippen LogP contribution in [0.2, 0.25) is 0 Å². The molecule has 0 aliphatic rings. The van der Waals surface area contributed by atoms with Crippen molar-refractivity contribution < 1.29 is 4.74 Å². The Hall–Kier alpha value is -1.86. The van der Waals surface area contributed by atoms with E-state index in [4.69, 9.17) is 4.74 Å². The molecule has 7 heteroatoms. The van der Waals surface area contributed by atoms with Crippen LogP contribution in [0, 0.1) is 0 Å². The lowest BCUT2D eigenvalue weighted by molar-refractivity contribution is 0.358. The highest BCUT2D eigenvalue weighted by atomic mass is 16.5. The van der Waals surface area contributed by atoms with Crippen molar-refractivity contribution >= 4 is 0 Å². The molecule has 0 aliphatic carbocycles. The van der Waals surface area contributed by atoms with Crippen molar-refractivity contribution in [3.8, 4) is 5.75 Å². The van der Waals surface area contributed by atoms with Crippen LogP contribution >= 0.6 is 0 Å². The monoisotopic (exact) mass is 292 g/mol. The zero-order valence-electron chi connectivity index (χ0n) is 13.1. The van der Waals surface area contributed by atoms with Gasteiger partial charge in [-0.05, 0) is 20.6 Å². The predicted molar refractivity (Wildman–Crippen MR) is 81.4 cm³/mol. The number of imidazole rings is 1. The SMILES string of the molecule is CCNC(c1ncc[nH]1)c1c(OC)cnn1CCN(C)C. The first-order valence-electron chi connectivity index (χ1n) is 7.14. The van der Waals surface area contributed by atoms with Gasteiger partial charge in [-0.2, -0.15) is 5.10 Å². The predicted octanol–water partition coefficient (Wildman–Crippen LogP) is 0.875. The Labute approximate surface area is 125 Å². The van der Waals surface area contributed by atoms with Crippen molar-refractivity contribution in [3.63, 3.8) is 0 Å². The number of methoxy groups -OCH3 is 1. The molecule has 2 aromatic heterocycles. The lowest BCUT2D eigenvalue weighted by Crippen LogP contribution is -2.28. The summed E-state index contributed by atoms with van der Waals surface area (Å²) in [4.78, 5) is 9.68. The van der Waals surface area contributed by atoms with E-state index >= 15 is 0 Å². The zero-order chi connectivity index (χ0) is 15.2. The molecule has 2 rings (SSSR count). The highest BCUT2D eigenvalue weighted by Gasteiger charge is 2.24. The van der Waals surface area contributed by atoms with Gasteiger partial charge in [0.2, 0.25) is 0 Å². The molecule has 0 amide bonds. The summed E-state index contributed by atoms with van der Waals surface area (Å²) in [5.41, 5.74) is 0.996. The van der Waals surface area contributed by atoms with E-state index in [1.165, 1.54) is 0 Å². The van der Waals surface area contributed by atoms with Gasteiger partial charge < -0.3 is 19.9 Å². The van der Waals surface area contributed by atoms with Gasteiger partial charge >= 0.3 is 0 Å². The molecule has 0 fully saturated rings. The molecular weight excluding hydrogens is 268 g/mol. The van der Waals surface area contributed by atoms with Gasteiger partial charge in [0.15, 0.2) is 5.75 Å². The smallest absolute Gasteiger partial charge is 0.162 e. The van der Waals surface area contributed by atoms with Crippen molar-refractivity contribution in [2.45, 2.75) is 19.5 Å². The van der Waals surface area contributed by atoms with E-state index in [1.807, 2.05) is 10.9 Å². The number of nitrogens with one attached hydrogen (secondary N) is 2. The Morgan fingerprint density at radius 2 is 2.29 bits per heavy atom. The first kappa shape index (κ1) is 15.5. The number of ether oxygens (including phenoxy) is 1. The van der Waals surface area contributed by atoms with Crippen LogP contribution in [0.3, 0.4) is 0 Å². The number of H-pyrrole nitrogens is 1. The van der Waals surface area contributed by atoms with E-state index in [9.17, 15) is 0 Å². The molecule has 116 valence electrons. The highest BCUT2D eigenvalue weighted by Crippen LogP contribution is 2.28. The van der Waals surface area contributed by atoms with Crippen LogP contribution in [0.1, 0.15) is 24.5 Å². The number of rotatable bonds is 8. The third kappa shape index (κ3) is 3.62. The van der Waals surface area contributed by atoms with E-state index in [1.54, 1.807) is 19.5 Å². The first-order valence-corrected chi connectivity index (χ1v) is 7.14. The molecule has 2 aromatic rings. The van der Waals surface area contributed by atoms with Crippen LogP contribution in [0.15, 0.2) is 18.6 Å². The van der Waals surface area contributed by atoms with Gasteiger partial charge in [0.1, 0.15) is 17.6 Å². The minimum absolute atomic E-state index is 0.0652. The lowest BCUT2D eigenvalue weighted by atomic mass is 10.1. The van der Waals surface area contributed by atoms with E-state index in [0.29, 0.717) is 0 Å². The van der Waals surface area contributed by atoms with Crippen LogP contribution in [-0.4, -0.2) is 58.9 Å². The molecule has 2 N–H and O–H groups in total. The number of nitrogens with zero attached hydrogens (tertiary/aromatic N) is 4. The third-order valence-corrected chi connectivity index (χ3v) is 3.30. The number of hydrogen-bond donors (Lipinski definition) is 2. The zero-order valence-corrected chi connectivity index (χ0v) is 13.1. The fourth-order valence-electron chi connectivity index (χ4n) is 2.26. The average molecular weight is 292 g/mol. The van der Waals surface area contributed by atoms with Gasteiger partial charge in [-0.25, -0.2) is 4.98 Å². The molecule has 2 heterocycles. The molecule has 1 unspecified atom stereocenters. The molecule has 0 radical (unpaired) electrons. The van der Waals surface area contributed by atoms with Crippen molar-refractivity contribution in [1.29, 1.82) is 0 Å². The second-order valence-electron chi connectivity index (χ2n) is 5.09. The maximum atomic E-state index is 5.48. The van der Waals surface area contributed by atoms with Gasteiger partial charge in [-0.15, -0.1) is 0 Å². The summed E-state index contributed by atoms with van der Waals surface area (Å²) in [5, 5.41) is 7.90. The van der Waals surface area contributed by atoms with Crippen LogP contribution in [-0.2, 0) is 6.54 Å². The van der Waals surface area contributed by atoms with Crippen LogP contribution in [0.4, 0.5) is 0 Å². The average Bonchev–Trinajstić information content (AvgIpc) is 3.11. The Kier molecular flexibility index (Phi) is 5.35. The first-order chi connectivity index (χ1) is 10.2. The summed E-state index contributed by atoms with van der Waals surface area (Å²) in [6, 6.07) is -0.0652. The molecule has 0 spiro atoms. The van der Waals surface area contributed by atoms with Crippen molar-refractivity contribution in [3.05, 3.63) is 30.1 Å². The summed E-state index contributed by atoms with van der Waals surface area (Å²) in [7, 11) is 5.77. The molecule has 0 aromatic carbocycles. The summed E-state index contributed by atoms with van der Waals surface area (Å²) in [6.45, 7) is 4.61. The highest BCUT2D eigenvalue weighted by molar-refractivity contribution is 5.32. The molecule has 0 bridgehead atoms. The summed E-state index contributed by atoms with van der Waals surface area (Å²) in [6.07, 6.45) is 5.34. The fraction of sp³-hybridized carbons (Fsp3) is 0.571. The van der Waals surface area contributed by atoms with Crippen LogP contribution in [0.5, 0.6) is 5.75 Å². The van der Waals surface area contributed by atoms with Gasteiger partial charge in [0.25, 0.3) is 0 Å². The van der Waals surface area contributed by atoms with E-state index in [2.05, 4.69) is 46.3 Å². The fourth-order valence-corrected chi connectivity index (χ4v) is 2.26. The number of hydrogen-bond acceptors (Lipinski definition) is 5. The van der Waals surface area contributed by atoms with Crippen LogP contribution < -0.4 is 10.1 Å². The second kappa shape index (κ2) is 7.24. The number of aromatic nitrogens is 4. The molecule has 0 saturated heterocycles. The summed E-state index contributed by atoms with van der Waals surface area (Å²) < 4.78 is 7.46. The third-order valence-electron chi connectivity index (χ3n) is 3.30. The normalized spacial score (nSPS) is 12.8. The van der Waals surface area contributed by atoms with Crippen molar-refractivity contribution in [2.24, 2.45) is 0 Å². The molecule has 0 saturated carbocycles. The Bertz CT molecular complexity index is 534. The van der Waals surface area contributed by atoms with E-state index in [-0.39, 0.29) is 6.04 Å². The Balaban J connectivity index is 2.35. The van der Waals surface area contributed by atoms with E-state index < -0.39 is 0 Å². The number of aromatic amines is 1. The molecule has 1 atom stereocenters. The molecule has 21 heavy (non-hydrogen) atoms. The Morgan fingerprint density at radius 1 is 1.48 bits per heavy atom. The molecule has 7 nitrogen and oxygen atoms in total. The van der Waals surface area contributed by atoms with Gasteiger partial charge in [-0.1, -0.05) is 6.92 Å². The van der Waals surface area contributed by atoms with Gasteiger partial charge in [-0.3, -0.25) is 4.68 Å². The molecular formula is C14H24N6O. The second-order valence-corrected chi connectivity index (χ2v) is 5.09. The van der Waals surface area contributed by atoms with Crippen LogP contribution in [0.25, 0.3) is 0 Å².